The SMILES string of the molecule is O=C(Cl)ON1C(=O)C2C(C1=O)C1C=CC2S1(=O)=O. The number of hydrogen-bond donors (Lipinski definition) is 0. The van der Waals surface area contributed by atoms with Gasteiger partial charge in [-0.2, -0.15) is 0 Å². The molecule has 7 nitrogen and oxygen atoms in total. The minimum atomic E-state index is -3.52. The van der Waals surface area contributed by atoms with Crippen molar-refractivity contribution in [3.63, 3.8) is 0 Å². The second kappa shape index (κ2) is 3.33. The molecular formula is C9H6ClNO6S. The number of halogens is 1. The third-order valence-electron chi connectivity index (χ3n) is 3.48. The Bertz CT molecular complexity index is 573. The van der Waals surface area contributed by atoms with E-state index in [2.05, 4.69) is 4.84 Å². The molecule has 0 aliphatic carbocycles. The first-order chi connectivity index (χ1) is 8.35. The van der Waals surface area contributed by atoms with Crippen molar-refractivity contribution in [2.75, 3.05) is 0 Å². The summed E-state index contributed by atoms with van der Waals surface area (Å²) in [6.45, 7) is 0. The molecule has 0 spiro atoms. The van der Waals surface area contributed by atoms with E-state index in [0.717, 1.165) is 0 Å². The summed E-state index contributed by atoms with van der Waals surface area (Å²) >= 11 is 4.95. The number of fused-ring (bicyclic) bond motifs is 5. The Morgan fingerprint density at radius 1 is 1.17 bits per heavy atom. The number of rotatable bonds is 1. The molecule has 4 unspecified atom stereocenters. The van der Waals surface area contributed by atoms with Gasteiger partial charge < -0.3 is 4.84 Å². The summed E-state index contributed by atoms with van der Waals surface area (Å²) in [5.74, 6) is -3.68. The second-order valence-electron chi connectivity index (χ2n) is 4.25. The standard InChI is InChI=1S/C9H6ClNO6S/c10-9(14)17-11-7(12)5-3-1-2-4(18(3,15)16)6(5)8(11)13/h1-6H. The van der Waals surface area contributed by atoms with E-state index in [-0.39, 0.29) is 5.06 Å². The summed E-state index contributed by atoms with van der Waals surface area (Å²) in [4.78, 5) is 38.6. The van der Waals surface area contributed by atoms with Crippen molar-refractivity contribution in [2.24, 2.45) is 11.8 Å². The fourth-order valence-corrected chi connectivity index (χ4v) is 5.25. The zero-order valence-corrected chi connectivity index (χ0v) is 10.2. The van der Waals surface area contributed by atoms with Crippen molar-refractivity contribution in [1.82, 2.24) is 5.06 Å². The van der Waals surface area contributed by atoms with Gasteiger partial charge in [0.15, 0.2) is 9.84 Å². The van der Waals surface area contributed by atoms with E-state index in [4.69, 9.17) is 11.6 Å². The predicted molar refractivity (Wildman–Crippen MR) is 56.8 cm³/mol. The molecule has 3 aliphatic rings. The van der Waals surface area contributed by atoms with Crippen LogP contribution in [0.4, 0.5) is 4.79 Å². The fourth-order valence-electron chi connectivity index (χ4n) is 2.81. The first-order valence-electron chi connectivity index (χ1n) is 5.02. The van der Waals surface area contributed by atoms with Gasteiger partial charge in [0.25, 0.3) is 11.8 Å². The van der Waals surface area contributed by atoms with Crippen LogP contribution in [-0.2, 0) is 24.3 Å². The van der Waals surface area contributed by atoms with E-state index >= 15 is 0 Å². The van der Waals surface area contributed by atoms with Crippen LogP contribution >= 0.6 is 11.6 Å². The maximum atomic E-state index is 11.9. The minimum Gasteiger partial charge on any atom is -0.315 e. The van der Waals surface area contributed by atoms with E-state index in [1.165, 1.54) is 12.2 Å². The normalized spacial score (nSPS) is 39.3. The molecule has 4 atom stereocenters. The maximum absolute atomic E-state index is 11.9. The molecule has 3 rings (SSSR count). The van der Waals surface area contributed by atoms with Gasteiger partial charge in [0.1, 0.15) is 0 Å². The molecule has 0 aromatic rings. The summed E-state index contributed by atoms with van der Waals surface area (Å²) in [6.07, 6.45) is 2.80. The topological polar surface area (TPSA) is 97.8 Å². The fraction of sp³-hybridized carbons (Fsp3) is 0.444. The number of carbonyl (C=O) groups excluding carboxylic acids is 3. The van der Waals surface area contributed by atoms with E-state index in [9.17, 15) is 22.8 Å². The molecule has 2 fully saturated rings. The molecule has 18 heavy (non-hydrogen) atoms. The van der Waals surface area contributed by atoms with Crippen LogP contribution in [0.2, 0.25) is 0 Å². The molecule has 2 amide bonds. The van der Waals surface area contributed by atoms with E-state index in [1.807, 2.05) is 0 Å². The van der Waals surface area contributed by atoms with Gasteiger partial charge in [0.05, 0.1) is 22.3 Å². The number of hydroxylamine groups is 2. The van der Waals surface area contributed by atoms with Crippen molar-refractivity contribution in [3.05, 3.63) is 12.2 Å². The lowest BCUT2D eigenvalue weighted by Gasteiger charge is -2.13. The highest BCUT2D eigenvalue weighted by Crippen LogP contribution is 2.49. The quantitative estimate of drug-likeness (QED) is 0.371. The van der Waals surface area contributed by atoms with Gasteiger partial charge in [-0.25, -0.2) is 13.2 Å². The minimum absolute atomic E-state index is 0.270. The molecule has 0 radical (unpaired) electrons. The number of nitrogens with zero attached hydrogens (tertiary/aromatic N) is 1. The van der Waals surface area contributed by atoms with Crippen molar-refractivity contribution < 1.29 is 27.6 Å². The Labute approximate surface area is 106 Å². The predicted octanol–water partition coefficient (Wildman–Crippen LogP) is -0.387. The Morgan fingerprint density at radius 3 is 2.00 bits per heavy atom. The molecule has 3 heterocycles. The van der Waals surface area contributed by atoms with Gasteiger partial charge >= 0.3 is 5.43 Å². The van der Waals surface area contributed by atoms with Gasteiger partial charge in [-0.05, 0) is 0 Å². The zero-order chi connectivity index (χ0) is 13.2. The average molecular weight is 292 g/mol. The van der Waals surface area contributed by atoms with E-state index in [0.29, 0.717) is 0 Å². The molecule has 0 aromatic heterocycles. The summed E-state index contributed by atoms with van der Waals surface area (Å²) < 4.78 is 23.7. The van der Waals surface area contributed by atoms with Crippen LogP contribution < -0.4 is 0 Å². The molecule has 0 aromatic carbocycles. The van der Waals surface area contributed by atoms with Crippen molar-refractivity contribution in [2.45, 2.75) is 10.5 Å². The Morgan fingerprint density at radius 2 is 1.61 bits per heavy atom. The third-order valence-corrected chi connectivity index (χ3v) is 5.96. The smallest absolute Gasteiger partial charge is 0.315 e. The third kappa shape index (κ3) is 1.19. The monoisotopic (exact) mass is 291 g/mol. The van der Waals surface area contributed by atoms with Crippen molar-refractivity contribution >= 4 is 38.7 Å². The Hall–Kier alpha value is -1.41. The number of hydrogen-bond acceptors (Lipinski definition) is 6. The second-order valence-corrected chi connectivity index (χ2v) is 6.83. The lowest BCUT2D eigenvalue weighted by molar-refractivity contribution is -0.171. The number of amides is 2. The van der Waals surface area contributed by atoms with Crippen LogP contribution in [0.1, 0.15) is 0 Å². The van der Waals surface area contributed by atoms with Gasteiger partial charge in [-0.3, -0.25) is 9.59 Å². The lowest BCUT2D eigenvalue weighted by Crippen LogP contribution is -2.36. The van der Waals surface area contributed by atoms with Gasteiger partial charge in [0.2, 0.25) is 0 Å². The molecule has 3 aliphatic heterocycles. The summed E-state index contributed by atoms with van der Waals surface area (Å²) in [6, 6.07) is 0. The highest BCUT2D eigenvalue weighted by molar-refractivity contribution is 7.93. The molecule has 2 bridgehead atoms. The number of imide groups is 1. The molecule has 9 heteroatoms. The largest absolute Gasteiger partial charge is 0.428 e. The maximum Gasteiger partial charge on any atom is 0.428 e. The number of carbonyl (C=O) groups is 3. The van der Waals surface area contributed by atoms with Crippen molar-refractivity contribution in [3.8, 4) is 0 Å². The van der Waals surface area contributed by atoms with E-state index in [1.54, 1.807) is 0 Å². The Kier molecular flexibility index (Phi) is 2.16. The van der Waals surface area contributed by atoms with Crippen LogP contribution in [-0.4, -0.2) is 41.2 Å². The molecule has 2 saturated heterocycles. The van der Waals surface area contributed by atoms with Gasteiger partial charge in [-0.15, -0.1) is 5.06 Å². The average Bonchev–Trinajstić information content (AvgIpc) is 2.79. The molecule has 96 valence electrons. The zero-order valence-electron chi connectivity index (χ0n) is 8.65. The first kappa shape index (κ1) is 11.7. The summed E-state index contributed by atoms with van der Waals surface area (Å²) in [5, 5.41) is -1.75. The van der Waals surface area contributed by atoms with Crippen LogP contribution in [0.5, 0.6) is 0 Å². The summed E-state index contributed by atoms with van der Waals surface area (Å²) in [5.41, 5.74) is -1.32. The highest BCUT2D eigenvalue weighted by Gasteiger charge is 2.68. The van der Waals surface area contributed by atoms with E-state index < -0.39 is 49.4 Å². The van der Waals surface area contributed by atoms with Gasteiger partial charge in [-0.1, -0.05) is 12.2 Å². The van der Waals surface area contributed by atoms with Crippen LogP contribution in [0, 0.1) is 11.8 Å². The molecule has 0 saturated carbocycles. The number of sulfone groups is 1. The lowest BCUT2D eigenvalue weighted by atomic mass is 9.85. The van der Waals surface area contributed by atoms with Crippen LogP contribution in [0.3, 0.4) is 0 Å². The summed E-state index contributed by atoms with van der Waals surface area (Å²) in [7, 11) is -3.52. The highest BCUT2D eigenvalue weighted by atomic mass is 35.5. The molecule has 0 N–H and O–H groups in total. The van der Waals surface area contributed by atoms with Gasteiger partial charge in [0, 0.05) is 11.6 Å². The molecular weight excluding hydrogens is 286 g/mol. The van der Waals surface area contributed by atoms with Crippen LogP contribution in [0.15, 0.2) is 12.2 Å². The first-order valence-corrected chi connectivity index (χ1v) is 7.00. The van der Waals surface area contributed by atoms with Crippen molar-refractivity contribution in [1.29, 1.82) is 0 Å². The van der Waals surface area contributed by atoms with Crippen LogP contribution in [0.25, 0.3) is 0 Å². The Balaban J connectivity index is 2.02.